The van der Waals surface area contributed by atoms with Crippen LogP contribution < -0.4 is 5.32 Å². The van der Waals surface area contributed by atoms with Crippen molar-refractivity contribution in [3.63, 3.8) is 0 Å². The number of esters is 1. The number of fused-ring (bicyclic) bond motifs is 4. The molecule has 6 heteroatoms. The summed E-state index contributed by atoms with van der Waals surface area (Å²) in [6.07, 6.45) is 5.64. The van der Waals surface area contributed by atoms with E-state index >= 15 is 0 Å². The first kappa shape index (κ1) is 20.0. The van der Waals surface area contributed by atoms with Crippen LogP contribution in [0.3, 0.4) is 0 Å². The second-order valence-corrected chi connectivity index (χ2v) is 9.33. The van der Waals surface area contributed by atoms with Crippen molar-refractivity contribution in [2.24, 2.45) is 5.41 Å². The van der Waals surface area contributed by atoms with E-state index in [4.69, 9.17) is 4.74 Å². The number of halogens is 1. The lowest BCUT2D eigenvalue weighted by molar-refractivity contribution is -0.160. The summed E-state index contributed by atoms with van der Waals surface area (Å²) in [6, 6.07) is 12.6. The summed E-state index contributed by atoms with van der Waals surface area (Å²) in [5.74, 6) is -0.323. The standard InChI is InChI=1S/C25H27FN2O3/c1-31-22(29)25-11-8-24(9-12-25,10-13-25)19-3-6-21(7-4-19)27-23(30)28-15-17-2-5-20(26)14-18(17)16-28/h2-7,14H,8-13,15-16H2,1H3,(H,27,30). The highest BCUT2D eigenvalue weighted by Crippen LogP contribution is 2.58. The van der Waals surface area contributed by atoms with Gasteiger partial charge in [0.15, 0.2) is 0 Å². The molecule has 4 aliphatic rings. The Morgan fingerprint density at radius 2 is 1.58 bits per heavy atom. The first-order valence-electron chi connectivity index (χ1n) is 11.0. The Balaban J connectivity index is 1.23. The van der Waals surface area contributed by atoms with Gasteiger partial charge >= 0.3 is 12.0 Å². The number of amides is 2. The van der Waals surface area contributed by atoms with Crippen molar-refractivity contribution in [2.45, 2.75) is 57.0 Å². The molecule has 5 nitrogen and oxygen atoms in total. The SMILES string of the molecule is COC(=O)C12CCC(c3ccc(NC(=O)N4Cc5ccc(F)cc5C4)cc3)(CC1)CC2. The molecule has 2 amide bonds. The van der Waals surface area contributed by atoms with E-state index in [2.05, 4.69) is 17.4 Å². The molecule has 2 bridgehead atoms. The maximum absolute atomic E-state index is 13.4. The van der Waals surface area contributed by atoms with Crippen LogP contribution >= 0.6 is 0 Å². The van der Waals surface area contributed by atoms with Crippen LogP contribution in [-0.2, 0) is 28.0 Å². The number of hydrogen-bond donors (Lipinski definition) is 1. The van der Waals surface area contributed by atoms with Crippen LogP contribution in [-0.4, -0.2) is 24.0 Å². The van der Waals surface area contributed by atoms with Crippen LogP contribution in [0.2, 0.25) is 0 Å². The van der Waals surface area contributed by atoms with E-state index in [0.29, 0.717) is 13.1 Å². The molecule has 3 saturated carbocycles. The second kappa shape index (κ2) is 7.36. The van der Waals surface area contributed by atoms with Gasteiger partial charge in [0.1, 0.15) is 5.82 Å². The summed E-state index contributed by atoms with van der Waals surface area (Å²) >= 11 is 0. The van der Waals surface area contributed by atoms with E-state index in [9.17, 15) is 14.0 Å². The van der Waals surface area contributed by atoms with Crippen LogP contribution in [0.4, 0.5) is 14.9 Å². The highest BCUT2D eigenvalue weighted by atomic mass is 19.1. The molecule has 3 aliphatic carbocycles. The molecule has 1 N–H and O–H groups in total. The summed E-state index contributed by atoms with van der Waals surface area (Å²) in [5, 5.41) is 2.96. The third-order valence-corrected chi connectivity index (χ3v) is 7.79. The molecule has 2 aromatic carbocycles. The van der Waals surface area contributed by atoms with E-state index in [1.165, 1.54) is 24.8 Å². The Labute approximate surface area is 181 Å². The van der Waals surface area contributed by atoms with Gasteiger partial charge in [0, 0.05) is 18.8 Å². The Morgan fingerprint density at radius 1 is 0.935 bits per heavy atom. The number of anilines is 1. The molecule has 0 atom stereocenters. The van der Waals surface area contributed by atoms with Gasteiger partial charge in [-0.1, -0.05) is 18.2 Å². The Morgan fingerprint density at radius 3 is 2.23 bits per heavy atom. The zero-order chi connectivity index (χ0) is 21.6. The minimum absolute atomic E-state index is 0.0503. The molecule has 0 saturated heterocycles. The van der Waals surface area contributed by atoms with Crippen molar-refractivity contribution in [3.8, 4) is 0 Å². The third kappa shape index (κ3) is 3.38. The van der Waals surface area contributed by atoms with Crippen LogP contribution in [0.15, 0.2) is 42.5 Å². The number of hydrogen-bond acceptors (Lipinski definition) is 3. The van der Waals surface area contributed by atoms with Gasteiger partial charge in [-0.05, 0) is 84.9 Å². The molecule has 3 fully saturated rings. The fourth-order valence-corrected chi connectivity index (χ4v) is 5.76. The number of rotatable bonds is 3. The fraction of sp³-hybridized carbons (Fsp3) is 0.440. The molecule has 1 aliphatic heterocycles. The van der Waals surface area contributed by atoms with Crippen molar-refractivity contribution in [3.05, 3.63) is 65.0 Å². The van der Waals surface area contributed by atoms with E-state index in [0.717, 1.165) is 55.3 Å². The van der Waals surface area contributed by atoms with Crippen LogP contribution in [0.1, 0.15) is 55.2 Å². The van der Waals surface area contributed by atoms with Crippen LogP contribution in [0.5, 0.6) is 0 Å². The van der Waals surface area contributed by atoms with E-state index in [1.54, 1.807) is 11.0 Å². The van der Waals surface area contributed by atoms with Crippen molar-refractivity contribution >= 4 is 17.7 Å². The molecule has 0 aromatic heterocycles. The summed E-state index contributed by atoms with van der Waals surface area (Å²) in [5.41, 5.74) is 3.74. The monoisotopic (exact) mass is 422 g/mol. The predicted molar refractivity (Wildman–Crippen MR) is 115 cm³/mol. The van der Waals surface area contributed by atoms with E-state index in [-0.39, 0.29) is 28.6 Å². The first-order valence-corrected chi connectivity index (χ1v) is 11.0. The average Bonchev–Trinajstić information content (AvgIpc) is 3.23. The van der Waals surface area contributed by atoms with Crippen molar-refractivity contribution in [2.75, 3.05) is 12.4 Å². The number of nitrogens with one attached hydrogen (secondary N) is 1. The third-order valence-electron chi connectivity index (χ3n) is 7.79. The van der Waals surface area contributed by atoms with Gasteiger partial charge in [-0.2, -0.15) is 0 Å². The summed E-state index contributed by atoms with van der Waals surface area (Å²) < 4.78 is 18.5. The number of nitrogens with zero attached hydrogens (tertiary/aromatic N) is 1. The van der Waals surface area contributed by atoms with Crippen LogP contribution in [0.25, 0.3) is 0 Å². The van der Waals surface area contributed by atoms with Crippen LogP contribution in [0, 0.1) is 11.2 Å². The molecular weight excluding hydrogens is 395 g/mol. The molecule has 162 valence electrons. The van der Waals surface area contributed by atoms with Crippen molar-refractivity contribution in [1.29, 1.82) is 0 Å². The zero-order valence-corrected chi connectivity index (χ0v) is 17.7. The highest BCUT2D eigenvalue weighted by Gasteiger charge is 2.53. The molecular formula is C25H27FN2O3. The lowest BCUT2D eigenvalue weighted by atomic mass is 9.52. The fourth-order valence-electron chi connectivity index (χ4n) is 5.76. The Hall–Kier alpha value is -2.89. The summed E-state index contributed by atoms with van der Waals surface area (Å²) in [6.45, 7) is 0.909. The highest BCUT2D eigenvalue weighted by molar-refractivity contribution is 5.89. The number of carbonyl (C=O) groups is 2. The van der Waals surface area contributed by atoms with Gasteiger partial charge < -0.3 is 15.0 Å². The number of benzene rings is 2. The largest absolute Gasteiger partial charge is 0.469 e. The quantitative estimate of drug-likeness (QED) is 0.697. The predicted octanol–water partition coefficient (Wildman–Crippen LogP) is 5.14. The van der Waals surface area contributed by atoms with Crippen molar-refractivity contribution in [1.82, 2.24) is 4.90 Å². The molecule has 0 radical (unpaired) electrons. The van der Waals surface area contributed by atoms with Gasteiger partial charge in [0.05, 0.1) is 12.5 Å². The average molecular weight is 423 g/mol. The summed E-state index contributed by atoms with van der Waals surface area (Å²) in [4.78, 5) is 26.6. The molecule has 6 rings (SSSR count). The zero-order valence-electron chi connectivity index (χ0n) is 17.7. The lowest BCUT2D eigenvalue weighted by Crippen LogP contribution is -2.48. The van der Waals surface area contributed by atoms with Gasteiger partial charge in [0.2, 0.25) is 0 Å². The second-order valence-electron chi connectivity index (χ2n) is 9.33. The van der Waals surface area contributed by atoms with Gasteiger partial charge in [-0.25, -0.2) is 9.18 Å². The summed E-state index contributed by atoms with van der Waals surface area (Å²) in [7, 11) is 1.49. The van der Waals surface area contributed by atoms with E-state index in [1.807, 2.05) is 12.1 Å². The number of urea groups is 1. The normalized spacial score (nSPS) is 26.5. The van der Waals surface area contributed by atoms with E-state index < -0.39 is 0 Å². The molecule has 0 spiro atoms. The maximum atomic E-state index is 13.4. The number of methoxy groups -OCH3 is 1. The first-order chi connectivity index (χ1) is 14.9. The van der Waals surface area contributed by atoms with Gasteiger partial charge in [-0.15, -0.1) is 0 Å². The number of carbonyl (C=O) groups excluding carboxylic acids is 2. The maximum Gasteiger partial charge on any atom is 0.322 e. The lowest BCUT2D eigenvalue weighted by Gasteiger charge is -2.52. The molecule has 31 heavy (non-hydrogen) atoms. The van der Waals surface area contributed by atoms with Crippen molar-refractivity contribution < 1.29 is 18.7 Å². The minimum Gasteiger partial charge on any atom is -0.469 e. The Kier molecular flexibility index (Phi) is 4.76. The Bertz CT molecular complexity index is 1010. The van der Waals surface area contributed by atoms with Gasteiger partial charge in [-0.3, -0.25) is 4.79 Å². The molecule has 2 aromatic rings. The topological polar surface area (TPSA) is 58.6 Å². The minimum atomic E-state index is -0.277. The number of ether oxygens (including phenoxy) is 1. The van der Waals surface area contributed by atoms with Gasteiger partial charge in [0.25, 0.3) is 0 Å². The smallest absolute Gasteiger partial charge is 0.322 e. The molecule has 0 unspecified atom stereocenters. The molecule has 1 heterocycles.